The zero-order chi connectivity index (χ0) is 25.1. The highest BCUT2D eigenvalue weighted by Crippen LogP contribution is 2.27. The molecule has 3 aromatic carbocycles. The van der Waals surface area contributed by atoms with Crippen molar-refractivity contribution >= 4 is 35.2 Å². The first kappa shape index (κ1) is 23.5. The third-order valence-electron chi connectivity index (χ3n) is 5.69. The van der Waals surface area contributed by atoms with Crippen molar-refractivity contribution < 1.29 is 28.7 Å². The van der Waals surface area contributed by atoms with Crippen molar-refractivity contribution in [2.75, 3.05) is 31.5 Å². The van der Waals surface area contributed by atoms with Crippen molar-refractivity contribution in [2.24, 2.45) is 0 Å². The minimum absolute atomic E-state index is 0.0190. The number of nitrogens with zero attached hydrogens (tertiary/aromatic N) is 2. The summed E-state index contributed by atoms with van der Waals surface area (Å²) in [6.07, 6.45) is -0.513. The maximum absolute atomic E-state index is 13.0. The number of carbonyl (C=O) groups is 4. The second kappa shape index (κ2) is 9.68. The molecule has 0 atom stereocenters. The first-order valence-corrected chi connectivity index (χ1v) is 10.7. The molecule has 178 valence electrons. The highest BCUT2D eigenvalue weighted by Gasteiger charge is 2.35. The second-order valence-corrected chi connectivity index (χ2v) is 7.81. The number of benzene rings is 3. The molecule has 0 bridgehead atoms. The van der Waals surface area contributed by atoms with Gasteiger partial charge in [0, 0.05) is 18.4 Å². The normalized spacial score (nSPS) is 12.3. The number of fused-ring (bicyclic) bond motifs is 1. The SMILES string of the molecule is COC(=O)N(C)c1ccc(NC(=O)c2cc(CN3C(=O)c4ccccc4C3=O)ccc2OC)cc1. The molecule has 1 N–H and O–H groups in total. The third-order valence-corrected chi connectivity index (χ3v) is 5.69. The fourth-order valence-corrected chi connectivity index (χ4v) is 3.81. The molecule has 1 aliphatic heterocycles. The first-order valence-electron chi connectivity index (χ1n) is 10.7. The number of rotatable bonds is 6. The Labute approximate surface area is 201 Å². The molecule has 0 radical (unpaired) electrons. The van der Waals surface area contributed by atoms with Gasteiger partial charge in [-0.3, -0.25) is 24.2 Å². The summed E-state index contributed by atoms with van der Waals surface area (Å²) in [5.41, 5.74) is 2.67. The Morgan fingerprint density at radius 2 is 1.54 bits per heavy atom. The van der Waals surface area contributed by atoms with Gasteiger partial charge in [0.1, 0.15) is 5.75 Å². The lowest BCUT2D eigenvalue weighted by atomic mass is 10.1. The predicted octanol–water partition coefficient (Wildman–Crippen LogP) is 3.95. The van der Waals surface area contributed by atoms with E-state index >= 15 is 0 Å². The van der Waals surface area contributed by atoms with Crippen LogP contribution in [0.2, 0.25) is 0 Å². The van der Waals surface area contributed by atoms with Crippen LogP contribution in [-0.2, 0) is 11.3 Å². The van der Waals surface area contributed by atoms with Gasteiger partial charge < -0.3 is 14.8 Å². The van der Waals surface area contributed by atoms with E-state index in [4.69, 9.17) is 9.47 Å². The Kier molecular flexibility index (Phi) is 6.50. The molecular formula is C26H23N3O6. The Morgan fingerprint density at radius 3 is 2.11 bits per heavy atom. The summed E-state index contributed by atoms with van der Waals surface area (Å²) >= 11 is 0. The van der Waals surface area contributed by atoms with E-state index in [0.717, 1.165) is 4.90 Å². The highest BCUT2D eigenvalue weighted by atomic mass is 16.5. The van der Waals surface area contributed by atoms with Crippen LogP contribution in [0.1, 0.15) is 36.6 Å². The molecule has 0 aliphatic carbocycles. The van der Waals surface area contributed by atoms with Crippen molar-refractivity contribution in [2.45, 2.75) is 6.54 Å². The van der Waals surface area contributed by atoms with Gasteiger partial charge in [-0.25, -0.2) is 4.79 Å². The number of ether oxygens (including phenoxy) is 2. The molecule has 0 fully saturated rings. The van der Waals surface area contributed by atoms with E-state index in [-0.39, 0.29) is 23.9 Å². The molecular weight excluding hydrogens is 450 g/mol. The van der Waals surface area contributed by atoms with Gasteiger partial charge in [0.2, 0.25) is 0 Å². The van der Waals surface area contributed by atoms with E-state index in [1.807, 2.05) is 0 Å². The summed E-state index contributed by atoms with van der Waals surface area (Å²) < 4.78 is 10.0. The van der Waals surface area contributed by atoms with E-state index in [1.165, 1.54) is 19.1 Å². The standard InChI is InChI=1S/C26H23N3O6/c1-28(26(33)35-3)18-11-9-17(10-12-18)27-23(30)21-14-16(8-13-22(21)34-2)15-29-24(31)19-6-4-5-7-20(19)25(29)32/h4-14H,15H2,1-3H3,(H,27,30). The molecule has 3 aromatic rings. The fraction of sp³-hybridized carbons (Fsp3) is 0.154. The van der Waals surface area contributed by atoms with Crippen molar-refractivity contribution in [1.29, 1.82) is 0 Å². The molecule has 0 saturated heterocycles. The zero-order valence-electron chi connectivity index (χ0n) is 19.4. The van der Waals surface area contributed by atoms with Crippen LogP contribution >= 0.6 is 0 Å². The molecule has 4 amide bonds. The molecule has 4 rings (SSSR count). The second-order valence-electron chi connectivity index (χ2n) is 7.81. The van der Waals surface area contributed by atoms with Crippen molar-refractivity contribution in [3.63, 3.8) is 0 Å². The summed E-state index contributed by atoms with van der Waals surface area (Å²) in [6.45, 7) is 0.0190. The van der Waals surface area contributed by atoms with Gasteiger partial charge in [0.05, 0.1) is 37.5 Å². The lowest BCUT2D eigenvalue weighted by Crippen LogP contribution is -2.29. The molecule has 9 heteroatoms. The number of amides is 4. The average molecular weight is 473 g/mol. The Balaban J connectivity index is 1.52. The minimum atomic E-state index is -0.513. The first-order chi connectivity index (χ1) is 16.8. The van der Waals surface area contributed by atoms with Gasteiger partial charge in [-0.05, 0) is 54.1 Å². The van der Waals surface area contributed by atoms with E-state index in [1.54, 1.807) is 73.8 Å². The topological polar surface area (TPSA) is 105 Å². The lowest BCUT2D eigenvalue weighted by molar-refractivity contribution is 0.0642. The summed E-state index contributed by atoms with van der Waals surface area (Å²) in [5, 5.41) is 2.79. The van der Waals surface area contributed by atoms with Gasteiger partial charge in [0.25, 0.3) is 17.7 Å². The maximum atomic E-state index is 13.0. The van der Waals surface area contributed by atoms with Crippen molar-refractivity contribution in [3.05, 3.63) is 89.0 Å². The van der Waals surface area contributed by atoms with Crippen LogP contribution in [-0.4, -0.2) is 50.0 Å². The van der Waals surface area contributed by atoms with Crippen LogP contribution in [0.15, 0.2) is 66.7 Å². The van der Waals surface area contributed by atoms with E-state index in [9.17, 15) is 19.2 Å². The Hall–Kier alpha value is -4.66. The van der Waals surface area contributed by atoms with Gasteiger partial charge in [0.15, 0.2) is 0 Å². The number of hydrogen-bond donors (Lipinski definition) is 1. The van der Waals surface area contributed by atoms with Crippen LogP contribution in [0, 0.1) is 0 Å². The number of methoxy groups -OCH3 is 2. The summed E-state index contributed by atoms with van der Waals surface area (Å²) in [4.78, 5) is 52.6. The van der Waals surface area contributed by atoms with Gasteiger partial charge in [-0.2, -0.15) is 0 Å². The van der Waals surface area contributed by atoms with Crippen molar-refractivity contribution in [1.82, 2.24) is 4.90 Å². The zero-order valence-corrected chi connectivity index (χ0v) is 19.4. The predicted molar refractivity (Wildman–Crippen MR) is 129 cm³/mol. The quantitative estimate of drug-likeness (QED) is 0.544. The minimum Gasteiger partial charge on any atom is -0.496 e. The number of carbonyl (C=O) groups excluding carboxylic acids is 4. The van der Waals surface area contributed by atoms with Crippen LogP contribution < -0.4 is 15.0 Å². The summed E-state index contributed by atoms with van der Waals surface area (Å²) in [6, 6.07) is 18.2. The van der Waals surface area contributed by atoms with E-state index in [0.29, 0.717) is 33.8 Å². The number of imide groups is 1. The molecule has 1 aliphatic rings. The molecule has 0 aromatic heterocycles. The van der Waals surface area contributed by atoms with Gasteiger partial charge in [-0.1, -0.05) is 18.2 Å². The van der Waals surface area contributed by atoms with Crippen LogP contribution in [0.5, 0.6) is 5.75 Å². The molecule has 1 heterocycles. The third kappa shape index (κ3) is 4.56. The van der Waals surface area contributed by atoms with Crippen molar-refractivity contribution in [3.8, 4) is 5.75 Å². The smallest absolute Gasteiger partial charge is 0.413 e. The largest absolute Gasteiger partial charge is 0.496 e. The van der Waals surface area contributed by atoms with E-state index in [2.05, 4.69) is 5.32 Å². The summed E-state index contributed by atoms with van der Waals surface area (Å²) in [5.74, 6) is -0.829. The molecule has 0 unspecified atom stereocenters. The van der Waals surface area contributed by atoms with Gasteiger partial charge >= 0.3 is 6.09 Å². The van der Waals surface area contributed by atoms with Gasteiger partial charge in [-0.15, -0.1) is 0 Å². The maximum Gasteiger partial charge on any atom is 0.413 e. The monoisotopic (exact) mass is 473 g/mol. The molecule has 9 nitrogen and oxygen atoms in total. The molecule has 0 saturated carbocycles. The lowest BCUT2D eigenvalue weighted by Gasteiger charge is -2.17. The molecule has 35 heavy (non-hydrogen) atoms. The Bertz CT molecular complexity index is 1280. The Morgan fingerprint density at radius 1 is 0.914 bits per heavy atom. The van der Waals surface area contributed by atoms with Crippen LogP contribution in [0.25, 0.3) is 0 Å². The summed E-state index contributed by atoms with van der Waals surface area (Å²) in [7, 11) is 4.32. The van der Waals surface area contributed by atoms with Crippen LogP contribution in [0.3, 0.4) is 0 Å². The average Bonchev–Trinajstić information content (AvgIpc) is 3.13. The van der Waals surface area contributed by atoms with E-state index < -0.39 is 12.0 Å². The highest BCUT2D eigenvalue weighted by molar-refractivity contribution is 6.21. The molecule has 0 spiro atoms. The number of anilines is 2. The van der Waals surface area contributed by atoms with Crippen LogP contribution in [0.4, 0.5) is 16.2 Å². The fourth-order valence-electron chi connectivity index (χ4n) is 3.81. The number of nitrogens with one attached hydrogen (secondary N) is 1. The number of hydrogen-bond acceptors (Lipinski definition) is 6.